The van der Waals surface area contributed by atoms with Crippen LogP contribution >= 0.6 is 15.9 Å². The number of piperidine rings is 1. The Hall–Kier alpha value is -0.910. The van der Waals surface area contributed by atoms with Gasteiger partial charge in [0.15, 0.2) is 0 Å². The molecule has 1 saturated heterocycles. The summed E-state index contributed by atoms with van der Waals surface area (Å²) in [6.07, 6.45) is 3.42. The number of anilines is 1. The number of hydrogen-bond donors (Lipinski definition) is 2. The van der Waals surface area contributed by atoms with E-state index < -0.39 is 0 Å². The van der Waals surface area contributed by atoms with Crippen LogP contribution in [0.25, 0.3) is 0 Å². The maximum atomic E-state index is 12.3. The predicted molar refractivity (Wildman–Crippen MR) is 90.4 cm³/mol. The molecule has 2 unspecified atom stereocenters. The molecular weight excluding hydrogens is 330 g/mol. The molecule has 0 radical (unpaired) electrons. The number of hydrogen-bond acceptors (Lipinski definition) is 3. The molecule has 1 aromatic rings. The van der Waals surface area contributed by atoms with Gasteiger partial charge in [-0.3, -0.25) is 9.69 Å². The zero-order valence-electron chi connectivity index (χ0n) is 12.7. The molecule has 2 rings (SSSR count). The van der Waals surface area contributed by atoms with E-state index in [9.17, 15) is 4.79 Å². The Morgan fingerprint density at radius 3 is 2.90 bits per heavy atom. The van der Waals surface area contributed by atoms with Crippen LogP contribution in [0.15, 0.2) is 22.7 Å². The van der Waals surface area contributed by atoms with Crippen LogP contribution in [0.3, 0.4) is 0 Å². The fraction of sp³-hybridized carbons (Fsp3) is 0.562. The number of nitrogens with one attached hydrogen (secondary N) is 1. The van der Waals surface area contributed by atoms with Crippen molar-refractivity contribution in [3.8, 4) is 0 Å². The Balaban J connectivity index is 2.00. The van der Waals surface area contributed by atoms with Crippen LogP contribution in [0.4, 0.5) is 5.69 Å². The van der Waals surface area contributed by atoms with E-state index in [0.717, 1.165) is 28.6 Å². The summed E-state index contributed by atoms with van der Waals surface area (Å²) in [4.78, 5) is 14.5. The number of amides is 1. The van der Waals surface area contributed by atoms with Crippen LogP contribution in [-0.4, -0.2) is 36.0 Å². The first-order valence-corrected chi connectivity index (χ1v) is 8.32. The Kier molecular flexibility index (Phi) is 5.79. The number of likely N-dealkylation sites (tertiary alicyclic amines) is 1. The van der Waals surface area contributed by atoms with E-state index in [1.165, 1.54) is 6.42 Å². The molecule has 1 amide bonds. The molecule has 116 valence electrons. The van der Waals surface area contributed by atoms with Gasteiger partial charge in [-0.15, -0.1) is 0 Å². The normalized spacial score (nSPS) is 23.0. The van der Waals surface area contributed by atoms with Crippen molar-refractivity contribution in [2.75, 3.05) is 18.4 Å². The molecule has 1 fully saturated rings. The Morgan fingerprint density at radius 2 is 2.24 bits per heavy atom. The molecule has 2 atom stereocenters. The van der Waals surface area contributed by atoms with Gasteiger partial charge in [0.1, 0.15) is 0 Å². The fourth-order valence-corrected chi connectivity index (χ4v) is 3.55. The molecule has 21 heavy (non-hydrogen) atoms. The van der Waals surface area contributed by atoms with E-state index in [-0.39, 0.29) is 5.91 Å². The standard InChI is InChI=1S/C16H24BrN3O/c1-11-6-7-15(14(17)8-11)19-16(21)10-20-12(2)4-3-5-13(20)9-18/h6-8,12-13H,3-5,9-10,18H2,1-2H3,(H,19,21). The second kappa shape index (κ2) is 7.38. The highest BCUT2D eigenvalue weighted by Gasteiger charge is 2.28. The number of halogens is 1. The minimum atomic E-state index is 0.0201. The van der Waals surface area contributed by atoms with Gasteiger partial charge in [0.05, 0.1) is 12.2 Å². The highest BCUT2D eigenvalue weighted by molar-refractivity contribution is 9.10. The van der Waals surface area contributed by atoms with Gasteiger partial charge in [-0.1, -0.05) is 12.5 Å². The van der Waals surface area contributed by atoms with E-state index >= 15 is 0 Å². The molecule has 4 nitrogen and oxygen atoms in total. The summed E-state index contributed by atoms with van der Waals surface area (Å²) in [6, 6.07) is 6.66. The van der Waals surface area contributed by atoms with Crippen LogP contribution in [0.1, 0.15) is 31.7 Å². The molecule has 1 aliphatic heterocycles. The van der Waals surface area contributed by atoms with Crippen LogP contribution in [-0.2, 0) is 4.79 Å². The molecule has 0 aliphatic carbocycles. The Morgan fingerprint density at radius 1 is 1.48 bits per heavy atom. The van der Waals surface area contributed by atoms with Crippen LogP contribution in [0.2, 0.25) is 0 Å². The first-order valence-electron chi connectivity index (χ1n) is 7.53. The molecule has 1 aliphatic rings. The summed E-state index contributed by atoms with van der Waals surface area (Å²) in [6.45, 7) is 5.23. The molecule has 0 spiro atoms. The van der Waals surface area contributed by atoms with Gasteiger partial charge in [-0.05, 0) is 60.3 Å². The van der Waals surface area contributed by atoms with Crippen LogP contribution < -0.4 is 11.1 Å². The van der Waals surface area contributed by atoms with Crippen molar-refractivity contribution in [3.63, 3.8) is 0 Å². The molecule has 3 N–H and O–H groups in total. The van der Waals surface area contributed by atoms with E-state index in [2.05, 4.69) is 33.1 Å². The summed E-state index contributed by atoms with van der Waals surface area (Å²) in [5, 5.41) is 2.98. The van der Waals surface area contributed by atoms with E-state index in [0.29, 0.717) is 25.2 Å². The minimum absolute atomic E-state index is 0.0201. The summed E-state index contributed by atoms with van der Waals surface area (Å²) in [5.41, 5.74) is 7.82. The average Bonchev–Trinajstić information content (AvgIpc) is 2.44. The lowest BCUT2D eigenvalue weighted by Crippen LogP contribution is -2.51. The van der Waals surface area contributed by atoms with Crippen LogP contribution in [0, 0.1) is 6.92 Å². The highest BCUT2D eigenvalue weighted by atomic mass is 79.9. The van der Waals surface area contributed by atoms with Crippen molar-refractivity contribution >= 4 is 27.5 Å². The Labute approximate surface area is 135 Å². The number of benzene rings is 1. The van der Waals surface area contributed by atoms with E-state index in [1.807, 2.05) is 25.1 Å². The number of carbonyl (C=O) groups excluding carboxylic acids is 1. The molecular formula is C16H24BrN3O. The maximum absolute atomic E-state index is 12.3. The first-order chi connectivity index (χ1) is 10.0. The third-order valence-corrected chi connectivity index (χ3v) is 4.85. The molecule has 0 aromatic heterocycles. The fourth-order valence-electron chi connectivity index (χ4n) is 2.96. The number of nitrogens with zero attached hydrogens (tertiary/aromatic N) is 1. The second-order valence-electron chi connectivity index (χ2n) is 5.87. The molecule has 1 aromatic carbocycles. The van der Waals surface area contributed by atoms with Gasteiger partial charge >= 0.3 is 0 Å². The quantitative estimate of drug-likeness (QED) is 0.874. The molecule has 0 bridgehead atoms. The number of rotatable bonds is 4. The monoisotopic (exact) mass is 353 g/mol. The molecule has 0 saturated carbocycles. The lowest BCUT2D eigenvalue weighted by Gasteiger charge is -2.39. The lowest BCUT2D eigenvalue weighted by atomic mass is 9.96. The van der Waals surface area contributed by atoms with Gasteiger partial charge in [0.2, 0.25) is 5.91 Å². The van der Waals surface area contributed by atoms with Gasteiger partial charge in [0, 0.05) is 23.1 Å². The van der Waals surface area contributed by atoms with Crippen molar-refractivity contribution in [1.82, 2.24) is 4.90 Å². The second-order valence-corrected chi connectivity index (χ2v) is 6.73. The minimum Gasteiger partial charge on any atom is -0.329 e. The number of aryl methyl sites for hydroxylation is 1. The number of carbonyl (C=O) groups is 1. The predicted octanol–water partition coefficient (Wildman–Crippen LogP) is 2.90. The van der Waals surface area contributed by atoms with Gasteiger partial charge < -0.3 is 11.1 Å². The zero-order chi connectivity index (χ0) is 15.4. The van der Waals surface area contributed by atoms with Gasteiger partial charge in [-0.2, -0.15) is 0 Å². The SMILES string of the molecule is Cc1ccc(NC(=O)CN2C(C)CCCC2CN)c(Br)c1. The lowest BCUT2D eigenvalue weighted by molar-refractivity contribution is -0.118. The van der Waals surface area contributed by atoms with Gasteiger partial charge in [0.25, 0.3) is 0 Å². The van der Waals surface area contributed by atoms with Crippen molar-refractivity contribution in [1.29, 1.82) is 0 Å². The summed E-state index contributed by atoms with van der Waals surface area (Å²) < 4.78 is 0.915. The van der Waals surface area contributed by atoms with E-state index in [1.54, 1.807) is 0 Å². The smallest absolute Gasteiger partial charge is 0.238 e. The third-order valence-electron chi connectivity index (χ3n) is 4.19. The molecule has 1 heterocycles. The van der Waals surface area contributed by atoms with Crippen LogP contribution in [0.5, 0.6) is 0 Å². The van der Waals surface area contributed by atoms with Crippen molar-refractivity contribution < 1.29 is 4.79 Å². The maximum Gasteiger partial charge on any atom is 0.238 e. The first kappa shape index (κ1) is 16.5. The highest BCUT2D eigenvalue weighted by Crippen LogP contribution is 2.25. The number of nitrogens with two attached hydrogens (primary N) is 1. The van der Waals surface area contributed by atoms with Crippen molar-refractivity contribution in [3.05, 3.63) is 28.2 Å². The van der Waals surface area contributed by atoms with Crippen molar-refractivity contribution in [2.45, 2.75) is 45.2 Å². The topological polar surface area (TPSA) is 58.4 Å². The zero-order valence-corrected chi connectivity index (χ0v) is 14.3. The largest absolute Gasteiger partial charge is 0.329 e. The van der Waals surface area contributed by atoms with Crippen molar-refractivity contribution in [2.24, 2.45) is 5.73 Å². The van der Waals surface area contributed by atoms with Gasteiger partial charge in [-0.25, -0.2) is 0 Å². The molecule has 5 heteroatoms. The summed E-state index contributed by atoms with van der Waals surface area (Å²) >= 11 is 3.49. The average molecular weight is 354 g/mol. The summed E-state index contributed by atoms with van der Waals surface area (Å²) in [7, 11) is 0. The Bertz CT molecular complexity index is 506. The summed E-state index contributed by atoms with van der Waals surface area (Å²) in [5.74, 6) is 0.0201. The third kappa shape index (κ3) is 4.28. The van der Waals surface area contributed by atoms with E-state index in [4.69, 9.17) is 5.73 Å².